The van der Waals surface area contributed by atoms with E-state index in [4.69, 9.17) is 0 Å². The summed E-state index contributed by atoms with van der Waals surface area (Å²) in [5.41, 5.74) is 2.81. The van der Waals surface area contributed by atoms with E-state index >= 15 is 0 Å². The third kappa shape index (κ3) is 2.18. The van der Waals surface area contributed by atoms with Crippen LogP contribution in [-0.4, -0.2) is 40.4 Å². The van der Waals surface area contributed by atoms with Crippen molar-refractivity contribution in [2.45, 2.75) is 12.8 Å². The standard InChI is InChI=1S/C12H19N3O2S/c1-13-11-7-6-10-5-4-8-15(12(10)9-11)18(16,17)14(2)3/h6-7,9,13H,4-5,8H2,1-3H3. The van der Waals surface area contributed by atoms with Gasteiger partial charge in [0.25, 0.3) is 0 Å². The second kappa shape index (κ2) is 4.78. The molecule has 1 aromatic carbocycles. The number of hydrogen-bond donors (Lipinski definition) is 1. The van der Waals surface area contributed by atoms with Crippen molar-refractivity contribution in [2.75, 3.05) is 37.3 Å². The van der Waals surface area contributed by atoms with Gasteiger partial charge >= 0.3 is 10.2 Å². The Morgan fingerprint density at radius 2 is 2.06 bits per heavy atom. The van der Waals surface area contributed by atoms with Crippen LogP contribution in [0.5, 0.6) is 0 Å². The molecule has 1 aliphatic heterocycles. The summed E-state index contributed by atoms with van der Waals surface area (Å²) in [4.78, 5) is 0. The molecule has 0 unspecified atom stereocenters. The molecule has 0 aliphatic carbocycles. The summed E-state index contributed by atoms with van der Waals surface area (Å²) in [6, 6.07) is 5.87. The van der Waals surface area contributed by atoms with Gasteiger partial charge in [0.05, 0.1) is 5.69 Å². The van der Waals surface area contributed by atoms with Gasteiger partial charge in [0.15, 0.2) is 0 Å². The first-order valence-corrected chi connectivity index (χ1v) is 7.37. The van der Waals surface area contributed by atoms with Crippen LogP contribution in [0.1, 0.15) is 12.0 Å². The first-order valence-electron chi connectivity index (χ1n) is 5.97. The lowest BCUT2D eigenvalue weighted by Gasteiger charge is -2.32. The van der Waals surface area contributed by atoms with Crippen LogP contribution in [0.15, 0.2) is 18.2 Å². The lowest BCUT2D eigenvalue weighted by molar-refractivity contribution is 0.512. The van der Waals surface area contributed by atoms with Gasteiger partial charge in [0, 0.05) is 33.4 Å². The van der Waals surface area contributed by atoms with Crippen LogP contribution in [0.25, 0.3) is 0 Å². The highest BCUT2D eigenvalue weighted by atomic mass is 32.2. The maximum absolute atomic E-state index is 12.3. The molecule has 1 heterocycles. The van der Waals surface area contributed by atoms with Crippen molar-refractivity contribution in [3.05, 3.63) is 23.8 Å². The van der Waals surface area contributed by atoms with E-state index in [1.54, 1.807) is 14.1 Å². The van der Waals surface area contributed by atoms with Crippen molar-refractivity contribution in [1.29, 1.82) is 0 Å². The molecule has 1 aliphatic rings. The molecule has 0 amide bonds. The minimum absolute atomic E-state index is 0.542. The molecule has 1 aromatic rings. The van der Waals surface area contributed by atoms with E-state index in [1.165, 1.54) is 8.61 Å². The van der Waals surface area contributed by atoms with E-state index in [-0.39, 0.29) is 0 Å². The number of anilines is 2. The summed E-state index contributed by atoms with van der Waals surface area (Å²) in [6.45, 7) is 0.542. The molecule has 0 saturated carbocycles. The number of nitrogens with zero attached hydrogens (tertiary/aromatic N) is 2. The molecule has 2 rings (SSSR count). The molecule has 0 saturated heterocycles. The van der Waals surface area contributed by atoms with Crippen LogP contribution in [0, 0.1) is 0 Å². The molecular formula is C12H19N3O2S. The average Bonchev–Trinajstić information content (AvgIpc) is 2.37. The van der Waals surface area contributed by atoms with E-state index in [0.717, 1.165) is 29.8 Å². The maximum atomic E-state index is 12.3. The number of aryl methyl sites for hydroxylation is 1. The molecule has 0 bridgehead atoms. The van der Waals surface area contributed by atoms with E-state index in [2.05, 4.69) is 5.32 Å². The Morgan fingerprint density at radius 1 is 1.33 bits per heavy atom. The second-order valence-corrected chi connectivity index (χ2v) is 6.63. The van der Waals surface area contributed by atoms with Gasteiger partial charge in [-0.1, -0.05) is 6.07 Å². The van der Waals surface area contributed by atoms with Crippen molar-refractivity contribution >= 4 is 21.6 Å². The number of fused-ring (bicyclic) bond motifs is 1. The molecule has 1 N–H and O–H groups in total. The number of rotatable bonds is 3. The van der Waals surface area contributed by atoms with E-state index < -0.39 is 10.2 Å². The zero-order chi connectivity index (χ0) is 13.3. The molecule has 0 aromatic heterocycles. The Morgan fingerprint density at radius 3 is 2.67 bits per heavy atom. The van der Waals surface area contributed by atoms with E-state index in [9.17, 15) is 8.42 Å². The van der Waals surface area contributed by atoms with Gasteiger partial charge in [-0.2, -0.15) is 12.7 Å². The molecule has 0 radical (unpaired) electrons. The normalized spacial score (nSPS) is 15.7. The summed E-state index contributed by atoms with van der Waals surface area (Å²) in [5.74, 6) is 0. The van der Waals surface area contributed by atoms with Gasteiger partial charge in [-0.15, -0.1) is 0 Å². The average molecular weight is 269 g/mol. The lowest BCUT2D eigenvalue weighted by Crippen LogP contribution is -2.42. The van der Waals surface area contributed by atoms with Crippen LogP contribution in [0.3, 0.4) is 0 Å². The quantitative estimate of drug-likeness (QED) is 0.899. The second-order valence-electron chi connectivity index (χ2n) is 4.56. The molecule has 5 nitrogen and oxygen atoms in total. The summed E-state index contributed by atoms with van der Waals surface area (Å²) >= 11 is 0. The first kappa shape index (κ1) is 13.2. The molecule has 100 valence electrons. The fourth-order valence-electron chi connectivity index (χ4n) is 2.13. The van der Waals surface area contributed by atoms with Gasteiger partial charge < -0.3 is 5.32 Å². The zero-order valence-electron chi connectivity index (χ0n) is 11.0. The fourth-order valence-corrected chi connectivity index (χ4v) is 3.31. The minimum Gasteiger partial charge on any atom is -0.388 e. The van der Waals surface area contributed by atoms with Crippen molar-refractivity contribution in [1.82, 2.24) is 4.31 Å². The van der Waals surface area contributed by atoms with Crippen molar-refractivity contribution in [3.8, 4) is 0 Å². The smallest absolute Gasteiger partial charge is 0.303 e. The predicted molar refractivity (Wildman–Crippen MR) is 74.3 cm³/mol. The number of benzene rings is 1. The molecule has 0 atom stereocenters. The molecular weight excluding hydrogens is 250 g/mol. The van der Waals surface area contributed by atoms with Crippen molar-refractivity contribution in [2.24, 2.45) is 0 Å². The summed E-state index contributed by atoms with van der Waals surface area (Å²) in [6.07, 6.45) is 1.79. The Kier molecular flexibility index (Phi) is 3.49. The lowest BCUT2D eigenvalue weighted by atomic mass is 10.0. The van der Waals surface area contributed by atoms with E-state index in [1.807, 2.05) is 25.2 Å². The SMILES string of the molecule is CNc1ccc2c(c1)N(S(=O)(=O)N(C)C)CCC2. The topological polar surface area (TPSA) is 52.7 Å². The highest BCUT2D eigenvalue weighted by molar-refractivity contribution is 7.90. The van der Waals surface area contributed by atoms with Gasteiger partial charge in [-0.05, 0) is 30.5 Å². The Balaban J connectivity index is 2.50. The fraction of sp³-hybridized carbons (Fsp3) is 0.500. The Bertz CT molecular complexity index is 540. The van der Waals surface area contributed by atoms with Crippen LogP contribution < -0.4 is 9.62 Å². The summed E-state index contributed by atoms with van der Waals surface area (Å²) in [5, 5.41) is 3.04. The maximum Gasteiger partial charge on any atom is 0.303 e. The van der Waals surface area contributed by atoms with E-state index in [0.29, 0.717) is 6.54 Å². The third-order valence-corrected chi connectivity index (χ3v) is 5.05. The first-order chi connectivity index (χ1) is 8.46. The minimum atomic E-state index is -3.40. The van der Waals surface area contributed by atoms with Crippen molar-refractivity contribution < 1.29 is 8.42 Å². The van der Waals surface area contributed by atoms with Gasteiger partial charge in [-0.3, -0.25) is 4.31 Å². The number of hydrogen-bond acceptors (Lipinski definition) is 3. The molecule has 6 heteroatoms. The highest BCUT2D eigenvalue weighted by Crippen LogP contribution is 2.32. The van der Waals surface area contributed by atoms with Gasteiger partial charge in [-0.25, -0.2) is 0 Å². The monoisotopic (exact) mass is 269 g/mol. The Hall–Kier alpha value is -1.27. The largest absolute Gasteiger partial charge is 0.388 e. The van der Waals surface area contributed by atoms with Gasteiger partial charge in [0.2, 0.25) is 0 Å². The molecule has 18 heavy (non-hydrogen) atoms. The highest BCUT2D eigenvalue weighted by Gasteiger charge is 2.29. The van der Waals surface area contributed by atoms with Gasteiger partial charge in [0.1, 0.15) is 0 Å². The molecule has 0 fully saturated rings. The zero-order valence-corrected chi connectivity index (χ0v) is 11.8. The van der Waals surface area contributed by atoms with Crippen LogP contribution in [-0.2, 0) is 16.6 Å². The molecule has 0 spiro atoms. The Labute approximate surface area is 109 Å². The number of nitrogens with one attached hydrogen (secondary N) is 1. The summed E-state index contributed by atoms with van der Waals surface area (Å²) < 4.78 is 27.3. The van der Waals surface area contributed by atoms with Crippen LogP contribution in [0.4, 0.5) is 11.4 Å². The van der Waals surface area contributed by atoms with Crippen LogP contribution >= 0.6 is 0 Å². The summed E-state index contributed by atoms with van der Waals surface area (Å²) in [7, 11) is 1.55. The predicted octanol–water partition coefficient (Wildman–Crippen LogP) is 1.29. The van der Waals surface area contributed by atoms with Crippen LogP contribution in [0.2, 0.25) is 0 Å². The van der Waals surface area contributed by atoms with Crippen molar-refractivity contribution in [3.63, 3.8) is 0 Å². The third-order valence-electron chi connectivity index (χ3n) is 3.19.